The topological polar surface area (TPSA) is 104 Å². The molecule has 8 heteroatoms. The van der Waals surface area contributed by atoms with Crippen molar-refractivity contribution < 1.29 is 4.74 Å². The summed E-state index contributed by atoms with van der Waals surface area (Å²) in [6.07, 6.45) is 0. The van der Waals surface area contributed by atoms with E-state index in [2.05, 4.69) is 25.4 Å². The SMILES string of the molecule is COCCNc1nc(N)n(-c2cc(C)nc(C)n2)n1. The fraction of sp³-hybridized carbons (Fsp3) is 0.455. The average Bonchev–Trinajstić information content (AvgIpc) is 2.70. The number of anilines is 2. The first-order valence-electron chi connectivity index (χ1n) is 5.88. The number of ether oxygens (including phenoxy) is 1. The molecule has 8 nitrogen and oxygen atoms in total. The Kier molecular flexibility index (Phi) is 3.91. The van der Waals surface area contributed by atoms with Gasteiger partial charge in [-0.1, -0.05) is 0 Å². The van der Waals surface area contributed by atoms with Crippen LogP contribution in [-0.2, 0) is 4.74 Å². The zero-order valence-electron chi connectivity index (χ0n) is 11.2. The molecule has 102 valence electrons. The van der Waals surface area contributed by atoms with Crippen molar-refractivity contribution in [1.29, 1.82) is 0 Å². The zero-order valence-corrected chi connectivity index (χ0v) is 11.2. The fourth-order valence-electron chi connectivity index (χ4n) is 1.64. The molecule has 2 aromatic heterocycles. The Hall–Kier alpha value is -2.22. The highest BCUT2D eigenvalue weighted by Crippen LogP contribution is 2.12. The molecule has 3 N–H and O–H groups in total. The van der Waals surface area contributed by atoms with Crippen molar-refractivity contribution in [3.05, 3.63) is 17.6 Å². The predicted octanol–water partition coefficient (Wildman–Crippen LogP) is 0.315. The van der Waals surface area contributed by atoms with Crippen molar-refractivity contribution >= 4 is 11.9 Å². The van der Waals surface area contributed by atoms with Crippen LogP contribution in [0, 0.1) is 13.8 Å². The first kappa shape index (κ1) is 13.2. The molecular weight excluding hydrogens is 246 g/mol. The van der Waals surface area contributed by atoms with Crippen molar-refractivity contribution in [3.63, 3.8) is 0 Å². The minimum Gasteiger partial charge on any atom is -0.383 e. The summed E-state index contributed by atoms with van der Waals surface area (Å²) in [5, 5.41) is 7.27. The third-order valence-corrected chi connectivity index (χ3v) is 2.39. The lowest BCUT2D eigenvalue weighted by molar-refractivity contribution is 0.210. The molecule has 0 unspecified atom stereocenters. The molecule has 0 atom stereocenters. The van der Waals surface area contributed by atoms with Crippen molar-refractivity contribution in [2.45, 2.75) is 13.8 Å². The number of nitrogen functional groups attached to an aromatic ring is 1. The Bertz CT molecular complexity index is 546. The Morgan fingerprint density at radius 3 is 2.79 bits per heavy atom. The summed E-state index contributed by atoms with van der Waals surface area (Å²) >= 11 is 0. The van der Waals surface area contributed by atoms with Crippen molar-refractivity contribution in [3.8, 4) is 5.82 Å². The number of methoxy groups -OCH3 is 1. The molecule has 0 aliphatic rings. The van der Waals surface area contributed by atoms with Crippen LogP contribution in [0.3, 0.4) is 0 Å². The third kappa shape index (κ3) is 3.16. The maximum Gasteiger partial charge on any atom is 0.244 e. The summed E-state index contributed by atoms with van der Waals surface area (Å²) in [6.45, 7) is 4.90. The highest BCUT2D eigenvalue weighted by Gasteiger charge is 2.10. The Balaban J connectivity index is 2.24. The van der Waals surface area contributed by atoms with Crippen molar-refractivity contribution in [2.24, 2.45) is 0 Å². The van der Waals surface area contributed by atoms with Crippen LogP contribution in [-0.4, -0.2) is 45.0 Å². The minimum absolute atomic E-state index is 0.275. The summed E-state index contributed by atoms with van der Waals surface area (Å²) in [7, 11) is 1.63. The average molecular weight is 263 g/mol. The van der Waals surface area contributed by atoms with Gasteiger partial charge in [0, 0.05) is 25.4 Å². The van der Waals surface area contributed by atoms with Crippen LogP contribution in [0.25, 0.3) is 5.82 Å². The molecule has 19 heavy (non-hydrogen) atoms. The zero-order chi connectivity index (χ0) is 13.8. The largest absolute Gasteiger partial charge is 0.383 e. The van der Waals surface area contributed by atoms with Gasteiger partial charge in [0.05, 0.1) is 6.61 Å². The maximum atomic E-state index is 5.84. The number of hydrogen-bond donors (Lipinski definition) is 2. The van der Waals surface area contributed by atoms with Crippen LogP contribution in [0.1, 0.15) is 11.5 Å². The second kappa shape index (κ2) is 5.61. The van der Waals surface area contributed by atoms with Crippen LogP contribution in [0.15, 0.2) is 6.07 Å². The number of aromatic nitrogens is 5. The van der Waals surface area contributed by atoms with E-state index >= 15 is 0 Å². The Morgan fingerprint density at radius 2 is 2.11 bits per heavy atom. The molecule has 0 saturated heterocycles. The molecule has 2 rings (SSSR count). The summed E-state index contributed by atoms with van der Waals surface area (Å²) in [6, 6.07) is 1.80. The lowest BCUT2D eigenvalue weighted by atomic mass is 10.4. The van der Waals surface area contributed by atoms with Gasteiger partial charge in [-0.25, -0.2) is 9.97 Å². The van der Waals surface area contributed by atoms with Gasteiger partial charge in [0.2, 0.25) is 11.9 Å². The van der Waals surface area contributed by atoms with Crippen molar-refractivity contribution in [2.75, 3.05) is 31.3 Å². The number of hydrogen-bond acceptors (Lipinski definition) is 7. The van der Waals surface area contributed by atoms with Crippen LogP contribution in [0.5, 0.6) is 0 Å². The van der Waals surface area contributed by atoms with Gasteiger partial charge in [0.15, 0.2) is 5.82 Å². The molecule has 0 spiro atoms. The van der Waals surface area contributed by atoms with E-state index in [9.17, 15) is 0 Å². The lowest BCUT2D eigenvalue weighted by Gasteiger charge is -2.03. The number of nitrogens with one attached hydrogen (secondary N) is 1. The standard InChI is InChI=1S/C11H17N7O/c1-7-6-9(15-8(2)14-7)18-10(12)16-11(17-18)13-4-5-19-3/h6H,4-5H2,1-3H3,(H3,12,13,16,17). The number of nitrogens with two attached hydrogens (primary N) is 1. The Labute approximate surface area is 111 Å². The van der Waals surface area contributed by atoms with Gasteiger partial charge < -0.3 is 15.8 Å². The summed E-state index contributed by atoms with van der Waals surface area (Å²) in [5.74, 6) is 1.99. The van der Waals surface area contributed by atoms with E-state index < -0.39 is 0 Å². The van der Waals surface area contributed by atoms with E-state index in [1.54, 1.807) is 13.2 Å². The van der Waals surface area contributed by atoms with E-state index in [-0.39, 0.29) is 5.95 Å². The number of nitrogens with zero attached hydrogens (tertiary/aromatic N) is 5. The second-order valence-corrected chi connectivity index (χ2v) is 4.04. The molecular formula is C11H17N7O. The van der Waals surface area contributed by atoms with Crippen molar-refractivity contribution in [1.82, 2.24) is 24.7 Å². The molecule has 0 saturated carbocycles. The molecule has 0 bridgehead atoms. The van der Waals surface area contributed by atoms with E-state index in [1.807, 2.05) is 13.8 Å². The summed E-state index contributed by atoms with van der Waals surface area (Å²) in [4.78, 5) is 12.6. The fourth-order valence-corrected chi connectivity index (χ4v) is 1.64. The van der Waals surface area contributed by atoms with Gasteiger partial charge >= 0.3 is 0 Å². The molecule has 2 aromatic rings. The Morgan fingerprint density at radius 1 is 1.32 bits per heavy atom. The quantitative estimate of drug-likeness (QED) is 0.748. The lowest BCUT2D eigenvalue weighted by Crippen LogP contribution is -2.09. The van der Waals surface area contributed by atoms with Crippen LogP contribution in [0.2, 0.25) is 0 Å². The molecule has 2 heterocycles. The van der Waals surface area contributed by atoms with E-state index in [4.69, 9.17) is 10.5 Å². The molecule has 0 aromatic carbocycles. The van der Waals surface area contributed by atoms with E-state index in [0.29, 0.717) is 30.7 Å². The van der Waals surface area contributed by atoms with Gasteiger partial charge in [-0.2, -0.15) is 9.67 Å². The first-order valence-corrected chi connectivity index (χ1v) is 5.88. The van der Waals surface area contributed by atoms with Crippen LogP contribution in [0.4, 0.5) is 11.9 Å². The normalized spacial score (nSPS) is 10.7. The second-order valence-electron chi connectivity index (χ2n) is 4.04. The van der Waals surface area contributed by atoms with Gasteiger partial charge in [0.1, 0.15) is 5.82 Å². The molecule has 0 aliphatic heterocycles. The number of rotatable bonds is 5. The van der Waals surface area contributed by atoms with Gasteiger partial charge in [-0.3, -0.25) is 0 Å². The van der Waals surface area contributed by atoms with Gasteiger partial charge in [0.25, 0.3) is 0 Å². The molecule has 0 fully saturated rings. The molecule has 0 radical (unpaired) electrons. The van der Waals surface area contributed by atoms with E-state index in [0.717, 1.165) is 5.69 Å². The highest BCUT2D eigenvalue weighted by atomic mass is 16.5. The minimum atomic E-state index is 0.275. The maximum absolute atomic E-state index is 5.84. The molecule has 0 aliphatic carbocycles. The van der Waals surface area contributed by atoms with Crippen LogP contribution < -0.4 is 11.1 Å². The summed E-state index contributed by atoms with van der Waals surface area (Å²) in [5.41, 5.74) is 6.69. The molecule has 0 amide bonds. The third-order valence-electron chi connectivity index (χ3n) is 2.39. The highest BCUT2D eigenvalue weighted by molar-refractivity contribution is 5.38. The van der Waals surface area contributed by atoms with Gasteiger partial charge in [-0.15, -0.1) is 5.10 Å². The van der Waals surface area contributed by atoms with Crippen LogP contribution >= 0.6 is 0 Å². The predicted molar refractivity (Wildman–Crippen MR) is 71.2 cm³/mol. The summed E-state index contributed by atoms with van der Waals surface area (Å²) < 4.78 is 6.42. The smallest absolute Gasteiger partial charge is 0.244 e. The monoisotopic (exact) mass is 263 g/mol. The van der Waals surface area contributed by atoms with E-state index in [1.165, 1.54) is 4.68 Å². The van der Waals surface area contributed by atoms with Gasteiger partial charge in [-0.05, 0) is 13.8 Å². The number of aryl methyl sites for hydroxylation is 2. The first-order chi connectivity index (χ1) is 9.10.